The van der Waals surface area contributed by atoms with Crippen molar-refractivity contribution in [2.75, 3.05) is 0 Å². The molecule has 0 aliphatic heterocycles. The number of benzene rings is 1. The van der Waals surface area contributed by atoms with Crippen molar-refractivity contribution in [3.05, 3.63) is 29.0 Å². The van der Waals surface area contributed by atoms with Gasteiger partial charge in [-0.2, -0.15) is 0 Å². The zero-order valence-electron chi connectivity index (χ0n) is 9.66. The Kier molecular flexibility index (Phi) is 2.80. The molecule has 3 rings (SSSR count). The minimum Gasteiger partial charge on any atom is -0.324 e. The first kappa shape index (κ1) is 11.4. The molecule has 2 aromatic rings. The van der Waals surface area contributed by atoms with Crippen LogP contribution in [-0.2, 0) is 5.88 Å². The lowest BCUT2D eigenvalue weighted by molar-refractivity contribution is 0.217. The average molecular weight is 269 g/mol. The third kappa shape index (κ3) is 1.74. The molecule has 0 bridgehead atoms. The van der Waals surface area contributed by atoms with E-state index < -0.39 is 0 Å². The van der Waals surface area contributed by atoms with E-state index in [-0.39, 0.29) is 0 Å². The van der Waals surface area contributed by atoms with Gasteiger partial charge in [0.2, 0.25) is 0 Å². The van der Waals surface area contributed by atoms with Crippen LogP contribution >= 0.6 is 23.2 Å². The average Bonchev–Trinajstić information content (AvgIpc) is 2.65. The number of fused-ring (bicyclic) bond motifs is 1. The Morgan fingerprint density at radius 3 is 2.82 bits per heavy atom. The Bertz CT molecular complexity index is 556. The number of imidazole rings is 1. The fraction of sp³-hybridized carbons (Fsp3) is 0.462. The summed E-state index contributed by atoms with van der Waals surface area (Å²) in [6, 6.07) is 6.47. The lowest BCUT2D eigenvalue weighted by Gasteiger charge is -2.35. The quantitative estimate of drug-likeness (QED) is 0.739. The highest BCUT2D eigenvalue weighted by molar-refractivity contribution is 6.35. The fourth-order valence-corrected chi connectivity index (χ4v) is 3.10. The molecule has 0 amide bonds. The van der Waals surface area contributed by atoms with Crippen LogP contribution in [0, 0.1) is 5.92 Å². The van der Waals surface area contributed by atoms with Gasteiger partial charge in [0.25, 0.3) is 0 Å². The molecule has 1 aliphatic carbocycles. The van der Waals surface area contributed by atoms with Gasteiger partial charge < -0.3 is 4.57 Å². The summed E-state index contributed by atoms with van der Waals surface area (Å²) in [7, 11) is 0. The maximum atomic E-state index is 6.17. The van der Waals surface area contributed by atoms with E-state index in [2.05, 4.69) is 22.5 Å². The zero-order chi connectivity index (χ0) is 12.0. The van der Waals surface area contributed by atoms with Gasteiger partial charge in [-0.15, -0.1) is 11.6 Å². The molecule has 0 saturated heterocycles. The van der Waals surface area contributed by atoms with Gasteiger partial charge in [-0.25, -0.2) is 4.98 Å². The largest absolute Gasteiger partial charge is 0.324 e. The summed E-state index contributed by atoms with van der Waals surface area (Å²) in [6.45, 7) is 2.28. The number of aromatic nitrogens is 2. The number of hydrogen-bond acceptors (Lipinski definition) is 1. The van der Waals surface area contributed by atoms with Gasteiger partial charge in [-0.1, -0.05) is 24.6 Å². The normalized spacial score (nSPS) is 23.9. The Balaban J connectivity index is 2.17. The van der Waals surface area contributed by atoms with Crippen LogP contribution in [0.2, 0.25) is 5.02 Å². The third-order valence-electron chi connectivity index (χ3n) is 3.58. The second kappa shape index (κ2) is 4.18. The monoisotopic (exact) mass is 268 g/mol. The Hall–Kier alpha value is -0.730. The van der Waals surface area contributed by atoms with Crippen molar-refractivity contribution in [1.82, 2.24) is 9.55 Å². The zero-order valence-corrected chi connectivity index (χ0v) is 11.2. The number of para-hydroxylation sites is 1. The number of hydrogen-bond donors (Lipinski definition) is 0. The van der Waals surface area contributed by atoms with Crippen molar-refractivity contribution < 1.29 is 0 Å². The fourth-order valence-electron chi connectivity index (χ4n) is 2.70. The lowest BCUT2D eigenvalue weighted by Crippen LogP contribution is -2.25. The van der Waals surface area contributed by atoms with Crippen LogP contribution in [-0.4, -0.2) is 9.55 Å². The van der Waals surface area contributed by atoms with Crippen LogP contribution in [0.3, 0.4) is 0 Å². The van der Waals surface area contributed by atoms with E-state index in [0.717, 1.165) is 22.8 Å². The van der Waals surface area contributed by atoms with Crippen LogP contribution < -0.4 is 0 Å². The topological polar surface area (TPSA) is 17.8 Å². The summed E-state index contributed by atoms with van der Waals surface area (Å²) in [5, 5.41) is 0.708. The van der Waals surface area contributed by atoms with E-state index in [1.807, 2.05) is 12.1 Å². The predicted octanol–water partition coefficient (Wildman–Crippen LogP) is 4.40. The number of rotatable bonds is 2. The van der Waals surface area contributed by atoms with Gasteiger partial charge >= 0.3 is 0 Å². The summed E-state index contributed by atoms with van der Waals surface area (Å²) >= 11 is 12.2. The smallest absolute Gasteiger partial charge is 0.125 e. The van der Waals surface area contributed by atoms with E-state index in [9.17, 15) is 0 Å². The molecule has 1 heterocycles. The first-order chi connectivity index (χ1) is 8.20. The summed E-state index contributed by atoms with van der Waals surface area (Å²) in [4.78, 5) is 4.56. The van der Waals surface area contributed by atoms with Crippen molar-refractivity contribution in [1.29, 1.82) is 0 Å². The second-order valence-electron chi connectivity index (χ2n) is 4.87. The number of halogens is 2. The molecule has 1 saturated carbocycles. The van der Waals surface area contributed by atoms with Crippen LogP contribution in [0.5, 0.6) is 0 Å². The highest BCUT2D eigenvalue weighted by Crippen LogP contribution is 2.40. The predicted molar refractivity (Wildman–Crippen MR) is 71.7 cm³/mol. The maximum Gasteiger partial charge on any atom is 0.125 e. The molecule has 90 valence electrons. The molecule has 2 nitrogen and oxygen atoms in total. The Labute approximate surface area is 111 Å². The van der Waals surface area contributed by atoms with Crippen LogP contribution in [0.15, 0.2) is 18.2 Å². The minimum atomic E-state index is 0.440. The molecule has 17 heavy (non-hydrogen) atoms. The minimum absolute atomic E-state index is 0.440. The standard InChI is InChI=1S/C13H14Cl2N2/c1-8-5-9(6-8)17-11-4-2-3-10(15)13(11)16-12(17)7-14/h2-4,8-9H,5-7H2,1H3. The summed E-state index contributed by atoms with van der Waals surface area (Å²) in [6.07, 6.45) is 2.42. The number of nitrogens with zero attached hydrogens (tertiary/aromatic N) is 2. The molecule has 1 aromatic heterocycles. The van der Waals surface area contributed by atoms with Gasteiger partial charge in [-0.3, -0.25) is 0 Å². The molecule has 1 aliphatic rings. The van der Waals surface area contributed by atoms with E-state index in [0.29, 0.717) is 16.9 Å². The molecule has 4 heteroatoms. The van der Waals surface area contributed by atoms with Crippen molar-refractivity contribution in [3.63, 3.8) is 0 Å². The molecule has 1 aromatic carbocycles. The molecule has 1 fully saturated rings. The summed E-state index contributed by atoms with van der Waals surface area (Å²) in [5.41, 5.74) is 1.99. The Morgan fingerprint density at radius 2 is 2.18 bits per heavy atom. The SMILES string of the molecule is CC1CC(n2c(CCl)nc3c(Cl)cccc32)C1. The van der Waals surface area contributed by atoms with Crippen LogP contribution in [0.4, 0.5) is 0 Å². The van der Waals surface area contributed by atoms with Crippen LogP contribution in [0.1, 0.15) is 31.6 Å². The van der Waals surface area contributed by atoms with Crippen LogP contribution in [0.25, 0.3) is 11.0 Å². The van der Waals surface area contributed by atoms with Gasteiger partial charge in [0.05, 0.1) is 16.4 Å². The lowest BCUT2D eigenvalue weighted by atomic mass is 9.81. The third-order valence-corrected chi connectivity index (χ3v) is 4.12. The molecular weight excluding hydrogens is 255 g/mol. The van der Waals surface area contributed by atoms with Gasteiger partial charge in [-0.05, 0) is 30.9 Å². The highest BCUT2D eigenvalue weighted by Gasteiger charge is 2.30. The van der Waals surface area contributed by atoms with Crippen molar-refractivity contribution in [2.24, 2.45) is 5.92 Å². The highest BCUT2D eigenvalue weighted by atomic mass is 35.5. The molecule has 0 unspecified atom stereocenters. The van der Waals surface area contributed by atoms with Crippen molar-refractivity contribution in [3.8, 4) is 0 Å². The summed E-state index contributed by atoms with van der Waals surface area (Å²) < 4.78 is 2.27. The maximum absolute atomic E-state index is 6.17. The first-order valence-electron chi connectivity index (χ1n) is 5.92. The molecular formula is C13H14Cl2N2. The van der Waals surface area contributed by atoms with Crippen molar-refractivity contribution in [2.45, 2.75) is 31.7 Å². The first-order valence-corrected chi connectivity index (χ1v) is 6.83. The molecule has 0 spiro atoms. The van der Waals surface area contributed by atoms with Gasteiger partial charge in [0.1, 0.15) is 11.3 Å². The molecule has 0 atom stereocenters. The summed E-state index contributed by atoms with van der Waals surface area (Å²) in [5.74, 6) is 2.18. The van der Waals surface area contributed by atoms with E-state index in [1.54, 1.807) is 0 Å². The van der Waals surface area contributed by atoms with Crippen molar-refractivity contribution >= 4 is 34.2 Å². The van der Waals surface area contributed by atoms with E-state index in [4.69, 9.17) is 23.2 Å². The molecule has 0 radical (unpaired) electrons. The van der Waals surface area contributed by atoms with Gasteiger partial charge in [0, 0.05) is 6.04 Å². The number of alkyl halides is 1. The van der Waals surface area contributed by atoms with E-state index in [1.165, 1.54) is 12.8 Å². The Morgan fingerprint density at radius 1 is 1.41 bits per heavy atom. The van der Waals surface area contributed by atoms with E-state index >= 15 is 0 Å². The second-order valence-corrected chi connectivity index (χ2v) is 5.54. The molecule has 0 N–H and O–H groups in total. The van der Waals surface area contributed by atoms with Gasteiger partial charge in [0.15, 0.2) is 0 Å².